The molecule has 1 nitrogen and oxygen atoms in total. The molecule has 0 aliphatic heterocycles. The quantitative estimate of drug-likeness (QED) is 0.782. The Balaban J connectivity index is 1.77. The molecule has 1 N–H and O–H groups in total. The number of rotatable bonds is 5. The first-order chi connectivity index (χ1) is 8.75. The molecule has 0 aliphatic carbocycles. The Labute approximate surface area is 117 Å². The number of nitrogens with one attached hydrogen (secondary N) is 1. The molecular formula is C16H18BrN. The highest BCUT2D eigenvalue weighted by Crippen LogP contribution is 2.19. The number of hydrogen-bond donors (Lipinski definition) is 1. The highest BCUT2D eigenvalue weighted by Gasteiger charge is 1.97. The molecule has 2 aromatic rings. The van der Waals surface area contributed by atoms with Gasteiger partial charge in [0.15, 0.2) is 0 Å². The first-order valence-electron chi connectivity index (χ1n) is 6.29. The van der Waals surface area contributed by atoms with Gasteiger partial charge in [-0.05, 0) is 49.1 Å². The van der Waals surface area contributed by atoms with Crippen LogP contribution in [0.1, 0.15) is 17.5 Å². The predicted octanol–water partition coefficient (Wildman–Crippen LogP) is 4.80. The lowest BCUT2D eigenvalue weighted by Gasteiger charge is -2.08. The van der Waals surface area contributed by atoms with Gasteiger partial charge < -0.3 is 5.32 Å². The van der Waals surface area contributed by atoms with Gasteiger partial charge >= 0.3 is 0 Å². The summed E-state index contributed by atoms with van der Waals surface area (Å²) in [5.41, 5.74) is 3.87. The summed E-state index contributed by atoms with van der Waals surface area (Å²) in [5.74, 6) is 0. The second-order valence-electron chi connectivity index (χ2n) is 4.48. The second kappa shape index (κ2) is 6.60. The Morgan fingerprint density at radius 3 is 2.56 bits per heavy atom. The van der Waals surface area contributed by atoms with Crippen LogP contribution in [0.25, 0.3) is 0 Å². The lowest BCUT2D eigenvalue weighted by Crippen LogP contribution is -2.03. The van der Waals surface area contributed by atoms with Crippen LogP contribution in [0.5, 0.6) is 0 Å². The van der Waals surface area contributed by atoms with Gasteiger partial charge in [-0.3, -0.25) is 0 Å². The molecule has 0 spiro atoms. The van der Waals surface area contributed by atoms with Crippen LogP contribution in [-0.4, -0.2) is 6.54 Å². The minimum atomic E-state index is 1.01. The molecule has 0 unspecified atom stereocenters. The molecule has 0 amide bonds. The topological polar surface area (TPSA) is 12.0 Å². The average Bonchev–Trinajstić information content (AvgIpc) is 2.40. The van der Waals surface area contributed by atoms with Crippen molar-refractivity contribution in [1.29, 1.82) is 0 Å². The standard InChI is InChI=1S/C16H18BrN/c1-13-12-15(9-10-16(13)17)18-11-5-8-14-6-3-2-4-7-14/h2-4,6-7,9-10,12,18H,5,8,11H2,1H3. The van der Waals surface area contributed by atoms with E-state index in [-0.39, 0.29) is 0 Å². The van der Waals surface area contributed by atoms with Gasteiger partial charge in [0.2, 0.25) is 0 Å². The smallest absolute Gasteiger partial charge is 0.0343 e. The number of hydrogen-bond acceptors (Lipinski definition) is 1. The van der Waals surface area contributed by atoms with Crippen LogP contribution in [-0.2, 0) is 6.42 Å². The van der Waals surface area contributed by atoms with Gasteiger partial charge in [0, 0.05) is 16.7 Å². The van der Waals surface area contributed by atoms with E-state index in [2.05, 4.69) is 76.7 Å². The van der Waals surface area contributed by atoms with Crippen LogP contribution in [0.4, 0.5) is 5.69 Å². The van der Waals surface area contributed by atoms with Gasteiger partial charge in [-0.25, -0.2) is 0 Å². The van der Waals surface area contributed by atoms with E-state index in [1.807, 2.05) is 0 Å². The summed E-state index contributed by atoms with van der Waals surface area (Å²) in [6, 6.07) is 17.0. The summed E-state index contributed by atoms with van der Waals surface area (Å²) < 4.78 is 1.16. The van der Waals surface area contributed by atoms with Crippen molar-refractivity contribution in [2.75, 3.05) is 11.9 Å². The van der Waals surface area contributed by atoms with E-state index < -0.39 is 0 Å². The van der Waals surface area contributed by atoms with Crippen molar-refractivity contribution in [3.63, 3.8) is 0 Å². The molecule has 0 radical (unpaired) electrons. The molecule has 0 heterocycles. The molecule has 2 heteroatoms. The maximum absolute atomic E-state index is 3.51. The van der Waals surface area contributed by atoms with Gasteiger partial charge in [-0.1, -0.05) is 46.3 Å². The van der Waals surface area contributed by atoms with Gasteiger partial charge in [-0.2, -0.15) is 0 Å². The third kappa shape index (κ3) is 3.88. The molecule has 0 saturated heterocycles. The predicted molar refractivity (Wildman–Crippen MR) is 82.1 cm³/mol. The van der Waals surface area contributed by atoms with E-state index in [1.54, 1.807) is 0 Å². The Hall–Kier alpha value is -1.28. The Bertz CT molecular complexity index is 494. The largest absolute Gasteiger partial charge is 0.385 e. The van der Waals surface area contributed by atoms with Crippen molar-refractivity contribution in [2.45, 2.75) is 19.8 Å². The van der Waals surface area contributed by atoms with Crippen LogP contribution in [0, 0.1) is 6.92 Å². The van der Waals surface area contributed by atoms with E-state index in [0.717, 1.165) is 23.9 Å². The minimum Gasteiger partial charge on any atom is -0.385 e. The highest BCUT2D eigenvalue weighted by molar-refractivity contribution is 9.10. The maximum atomic E-state index is 3.51. The lowest BCUT2D eigenvalue weighted by molar-refractivity contribution is 0.863. The first-order valence-corrected chi connectivity index (χ1v) is 7.09. The van der Waals surface area contributed by atoms with Gasteiger partial charge in [0.25, 0.3) is 0 Å². The normalized spacial score (nSPS) is 10.3. The van der Waals surface area contributed by atoms with Crippen LogP contribution >= 0.6 is 15.9 Å². The number of anilines is 1. The molecule has 18 heavy (non-hydrogen) atoms. The van der Waals surface area contributed by atoms with Gasteiger partial charge in [0.05, 0.1) is 0 Å². The van der Waals surface area contributed by atoms with Gasteiger partial charge in [-0.15, -0.1) is 0 Å². The summed E-state index contributed by atoms with van der Waals surface area (Å²) in [4.78, 5) is 0. The fourth-order valence-electron chi connectivity index (χ4n) is 1.92. The van der Waals surface area contributed by atoms with E-state index in [1.165, 1.54) is 16.8 Å². The van der Waals surface area contributed by atoms with Crippen molar-refractivity contribution < 1.29 is 0 Å². The van der Waals surface area contributed by atoms with E-state index in [9.17, 15) is 0 Å². The van der Waals surface area contributed by atoms with Crippen molar-refractivity contribution in [3.05, 3.63) is 64.1 Å². The van der Waals surface area contributed by atoms with E-state index >= 15 is 0 Å². The molecule has 94 valence electrons. The molecule has 0 aliphatic rings. The zero-order valence-corrected chi connectivity index (χ0v) is 12.2. The highest BCUT2D eigenvalue weighted by atomic mass is 79.9. The maximum Gasteiger partial charge on any atom is 0.0343 e. The molecule has 2 aromatic carbocycles. The van der Waals surface area contributed by atoms with E-state index in [0.29, 0.717) is 0 Å². The Kier molecular flexibility index (Phi) is 4.82. The summed E-state index contributed by atoms with van der Waals surface area (Å²) >= 11 is 3.51. The number of aryl methyl sites for hydroxylation is 2. The fraction of sp³-hybridized carbons (Fsp3) is 0.250. The molecular weight excluding hydrogens is 286 g/mol. The summed E-state index contributed by atoms with van der Waals surface area (Å²) in [7, 11) is 0. The molecule has 0 bridgehead atoms. The van der Waals surface area contributed by atoms with Crippen LogP contribution in [0.15, 0.2) is 53.0 Å². The van der Waals surface area contributed by atoms with Crippen molar-refractivity contribution in [2.24, 2.45) is 0 Å². The summed E-state index contributed by atoms with van der Waals surface area (Å²) in [5, 5.41) is 3.46. The SMILES string of the molecule is Cc1cc(NCCCc2ccccc2)ccc1Br. The first kappa shape index (κ1) is 13.2. The average molecular weight is 304 g/mol. The van der Waals surface area contributed by atoms with Gasteiger partial charge in [0.1, 0.15) is 0 Å². The minimum absolute atomic E-state index is 1.01. The summed E-state index contributed by atoms with van der Waals surface area (Å²) in [6.07, 6.45) is 2.28. The van der Waals surface area contributed by atoms with Crippen LogP contribution < -0.4 is 5.32 Å². The van der Waals surface area contributed by atoms with E-state index in [4.69, 9.17) is 0 Å². The van der Waals surface area contributed by atoms with Crippen molar-refractivity contribution in [3.8, 4) is 0 Å². The fourth-order valence-corrected chi connectivity index (χ4v) is 2.17. The molecule has 2 rings (SSSR count). The van der Waals surface area contributed by atoms with Crippen LogP contribution in [0.3, 0.4) is 0 Å². The van der Waals surface area contributed by atoms with Crippen LogP contribution in [0.2, 0.25) is 0 Å². The second-order valence-corrected chi connectivity index (χ2v) is 5.33. The zero-order chi connectivity index (χ0) is 12.8. The molecule has 0 aromatic heterocycles. The zero-order valence-electron chi connectivity index (χ0n) is 10.6. The monoisotopic (exact) mass is 303 g/mol. The molecule has 0 fully saturated rings. The molecule has 0 saturated carbocycles. The van der Waals surface area contributed by atoms with Crippen molar-refractivity contribution in [1.82, 2.24) is 0 Å². The third-order valence-corrected chi connectivity index (χ3v) is 3.86. The Morgan fingerprint density at radius 2 is 1.83 bits per heavy atom. The number of benzene rings is 2. The summed E-state index contributed by atoms with van der Waals surface area (Å²) in [6.45, 7) is 3.12. The lowest BCUT2D eigenvalue weighted by atomic mass is 10.1. The van der Waals surface area contributed by atoms with Crippen molar-refractivity contribution >= 4 is 21.6 Å². The Morgan fingerprint density at radius 1 is 1.06 bits per heavy atom. The molecule has 0 atom stereocenters. The number of halogens is 1. The third-order valence-electron chi connectivity index (χ3n) is 2.97.